The van der Waals surface area contributed by atoms with Crippen molar-refractivity contribution in [1.29, 1.82) is 0 Å². The zero-order chi connectivity index (χ0) is 22.4. The van der Waals surface area contributed by atoms with Gasteiger partial charge in [-0.2, -0.15) is 5.10 Å². The molecule has 0 saturated carbocycles. The van der Waals surface area contributed by atoms with Gasteiger partial charge >= 0.3 is 0 Å². The van der Waals surface area contributed by atoms with Crippen molar-refractivity contribution in [1.82, 2.24) is 15.2 Å². The van der Waals surface area contributed by atoms with Gasteiger partial charge in [0.2, 0.25) is 5.91 Å². The van der Waals surface area contributed by atoms with Gasteiger partial charge in [0.05, 0.1) is 32.0 Å². The molecule has 0 spiro atoms. The third-order valence-electron chi connectivity index (χ3n) is 5.04. The molecule has 2 aromatic rings. The molecule has 0 saturated heterocycles. The molecule has 0 radical (unpaired) electrons. The fourth-order valence-corrected chi connectivity index (χ4v) is 3.60. The summed E-state index contributed by atoms with van der Waals surface area (Å²) >= 11 is 0. The van der Waals surface area contributed by atoms with E-state index in [1.54, 1.807) is 24.1 Å². The number of carbonyl (C=O) groups is 2. The number of benzene rings is 2. The Morgan fingerprint density at radius 1 is 1.13 bits per heavy atom. The SMILES string of the molecule is COc1ccc([C@H]2CC(c3ccccc3)=NN2C(=O)CN(C)CC(=O)NC(C)C)cc1. The van der Waals surface area contributed by atoms with Crippen molar-refractivity contribution in [2.75, 3.05) is 27.2 Å². The number of hydrazone groups is 1. The molecule has 0 bridgehead atoms. The highest BCUT2D eigenvalue weighted by Gasteiger charge is 2.33. The first-order valence-electron chi connectivity index (χ1n) is 10.4. The van der Waals surface area contributed by atoms with Gasteiger partial charge in [-0.1, -0.05) is 42.5 Å². The van der Waals surface area contributed by atoms with Crippen molar-refractivity contribution in [3.8, 4) is 5.75 Å². The Bertz CT molecular complexity index is 926. The Morgan fingerprint density at radius 2 is 1.81 bits per heavy atom. The molecule has 2 aromatic carbocycles. The van der Waals surface area contributed by atoms with Crippen LogP contribution in [0.4, 0.5) is 0 Å². The number of nitrogens with one attached hydrogen (secondary N) is 1. The highest BCUT2D eigenvalue weighted by atomic mass is 16.5. The van der Waals surface area contributed by atoms with Crippen LogP contribution in [0.25, 0.3) is 0 Å². The van der Waals surface area contributed by atoms with Gasteiger partial charge in [0.25, 0.3) is 5.91 Å². The Hall–Kier alpha value is -3.19. The molecule has 1 heterocycles. The molecular weight excluding hydrogens is 392 g/mol. The fourth-order valence-electron chi connectivity index (χ4n) is 3.60. The van der Waals surface area contributed by atoms with Crippen molar-refractivity contribution in [2.45, 2.75) is 32.4 Å². The molecule has 2 amide bonds. The molecule has 0 aromatic heterocycles. The van der Waals surface area contributed by atoms with Crippen LogP contribution in [0.2, 0.25) is 0 Å². The number of methoxy groups -OCH3 is 1. The second kappa shape index (κ2) is 10.2. The zero-order valence-electron chi connectivity index (χ0n) is 18.5. The smallest absolute Gasteiger partial charge is 0.257 e. The predicted octanol–water partition coefficient (Wildman–Crippen LogP) is 2.83. The molecule has 7 nitrogen and oxygen atoms in total. The Kier molecular flexibility index (Phi) is 7.41. The maximum absolute atomic E-state index is 13.2. The van der Waals surface area contributed by atoms with Crippen molar-refractivity contribution in [3.05, 3.63) is 65.7 Å². The normalized spacial score (nSPS) is 15.9. The van der Waals surface area contributed by atoms with Crippen LogP contribution >= 0.6 is 0 Å². The van der Waals surface area contributed by atoms with Gasteiger partial charge in [-0.3, -0.25) is 14.5 Å². The zero-order valence-corrected chi connectivity index (χ0v) is 18.5. The summed E-state index contributed by atoms with van der Waals surface area (Å²) < 4.78 is 5.26. The van der Waals surface area contributed by atoms with E-state index in [-0.39, 0.29) is 37.0 Å². The summed E-state index contributed by atoms with van der Waals surface area (Å²) in [5.41, 5.74) is 2.86. The van der Waals surface area contributed by atoms with Crippen molar-refractivity contribution >= 4 is 17.5 Å². The summed E-state index contributed by atoms with van der Waals surface area (Å²) in [5.74, 6) is 0.512. The van der Waals surface area contributed by atoms with Crippen LogP contribution in [0.5, 0.6) is 5.75 Å². The maximum atomic E-state index is 13.2. The lowest BCUT2D eigenvalue weighted by molar-refractivity contribution is -0.134. The molecule has 0 aliphatic carbocycles. The quantitative estimate of drug-likeness (QED) is 0.710. The standard InChI is InChI=1S/C24H30N4O3/c1-17(2)25-23(29)15-27(3)16-24(30)28-22(19-10-12-20(31-4)13-11-19)14-21(26-28)18-8-6-5-7-9-18/h5-13,17,22H,14-16H2,1-4H3,(H,25,29)/t22-/m1/s1. The van der Waals surface area contributed by atoms with Crippen LogP contribution < -0.4 is 10.1 Å². The largest absolute Gasteiger partial charge is 0.497 e. The minimum atomic E-state index is -0.202. The molecule has 1 N–H and O–H groups in total. The van der Waals surface area contributed by atoms with E-state index in [1.807, 2.05) is 68.4 Å². The van der Waals surface area contributed by atoms with Gasteiger partial charge in [0.1, 0.15) is 5.75 Å². The molecule has 1 aliphatic rings. The monoisotopic (exact) mass is 422 g/mol. The van der Waals surface area contributed by atoms with Crippen molar-refractivity contribution in [2.24, 2.45) is 5.10 Å². The summed E-state index contributed by atoms with van der Waals surface area (Å²) in [6.45, 7) is 4.07. The van der Waals surface area contributed by atoms with Crippen LogP contribution in [0.1, 0.15) is 37.4 Å². The minimum Gasteiger partial charge on any atom is -0.497 e. The molecule has 0 fully saturated rings. The molecule has 164 valence electrons. The van der Waals surface area contributed by atoms with Crippen LogP contribution in [-0.2, 0) is 9.59 Å². The lowest BCUT2D eigenvalue weighted by Gasteiger charge is -2.25. The van der Waals surface area contributed by atoms with E-state index in [0.29, 0.717) is 6.42 Å². The number of amides is 2. The number of carbonyl (C=O) groups excluding carboxylic acids is 2. The third-order valence-corrected chi connectivity index (χ3v) is 5.04. The average molecular weight is 423 g/mol. The number of likely N-dealkylation sites (N-methyl/N-ethyl adjacent to an activating group) is 1. The fraction of sp³-hybridized carbons (Fsp3) is 0.375. The summed E-state index contributed by atoms with van der Waals surface area (Å²) in [7, 11) is 3.39. The van der Waals surface area contributed by atoms with E-state index in [0.717, 1.165) is 22.6 Å². The van der Waals surface area contributed by atoms with Crippen LogP contribution in [0.15, 0.2) is 59.7 Å². The van der Waals surface area contributed by atoms with Gasteiger partial charge < -0.3 is 10.1 Å². The minimum absolute atomic E-state index is 0.0627. The highest BCUT2D eigenvalue weighted by molar-refractivity contribution is 6.03. The third kappa shape index (κ3) is 5.92. The average Bonchev–Trinajstić information content (AvgIpc) is 3.19. The van der Waals surface area contributed by atoms with E-state index in [2.05, 4.69) is 10.4 Å². The molecule has 3 rings (SSSR count). The Balaban J connectivity index is 1.78. The van der Waals surface area contributed by atoms with Gasteiger partial charge in [-0.05, 0) is 44.2 Å². The first-order chi connectivity index (χ1) is 14.9. The molecule has 0 unspecified atom stereocenters. The lowest BCUT2D eigenvalue weighted by Crippen LogP contribution is -2.42. The van der Waals surface area contributed by atoms with Crippen LogP contribution in [0, 0.1) is 0 Å². The van der Waals surface area contributed by atoms with E-state index >= 15 is 0 Å². The molecular formula is C24H30N4O3. The number of hydrogen-bond acceptors (Lipinski definition) is 5. The van der Waals surface area contributed by atoms with Gasteiger partial charge in [0, 0.05) is 12.5 Å². The molecule has 1 atom stereocenters. The van der Waals surface area contributed by atoms with Gasteiger partial charge in [-0.15, -0.1) is 0 Å². The number of hydrogen-bond donors (Lipinski definition) is 1. The van der Waals surface area contributed by atoms with E-state index in [9.17, 15) is 9.59 Å². The summed E-state index contributed by atoms with van der Waals surface area (Å²) in [4.78, 5) is 26.9. The number of rotatable bonds is 8. The lowest BCUT2D eigenvalue weighted by atomic mass is 9.98. The van der Waals surface area contributed by atoms with Crippen molar-refractivity contribution in [3.63, 3.8) is 0 Å². The second-order valence-electron chi connectivity index (χ2n) is 8.04. The molecule has 7 heteroatoms. The van der Waals surface area contributed by atoms with E-state index in [4.69, 9.17) is 4.74 Å². The Labute approximate surface area is 183 Å². The van der Waals surface area contributed by atoms with Crippen LogP contribution in [-0.4, -0.2) is 60.7 Å². The molecule has 1 aliphatic heterocycles. The van der Waals surface area contributed by atoms with E-state index < -0.39 is 0 Å². The first kappa shape index (κ1) is 22.5. The second-order valence-corrected chi connectivity index (χ2v) is 8.04. The summed E-state index contributed by atoms with van der Waals surface area (Å²) in [6, 6.07) is 17.5. The maximum Gasteiger partial charge on any atom is 0.257 e. The topological polar surface area (TPSA) is 74.2 Å². The number of nitrogens with zero attached hydrogens (tertiary/aromatic N) is 3. The van der Waals surface area contributed by atoms with E-state index in [1.165, 1.54) is 0 Å². The van der Waals surface area contributed by atoms with Crippen LogP contribution in [0.3, 0.4) is 0 Å². The van der Waals surface area contributed by atoms with Crippen molar-refractivity contribution < 1.29 is 14.3 Å². The number of ether oxygens (including phenoxy) is 1. The predicted molar refractivity (Wildman–Crippen MR) is 121 cm³/mol. The summed E-state index contributed by atoms with van der Waals surface area (Å²) in [6.07, 6.45) is 0.625. The van der Waals surface area contributed by atoms with Gasteiger partial charge in [0.15, 0.2) is 0 Å². The first-order valence-corrected chi connectivity index (χ1v) is 10.4. The van der Waals surface area contributed by atoms with Gasteiger partial charge in [-0.25, -0.2) is 5.01 Å². The summed E-state index contributed by atoms with van der Waals surface area (Å²) in [5, 5.41) is 9.08. The Morgan fingerprint density at radius 3 is 2.42 bits per heavy atom. The highest BCUT2D eigenvalue weighted by Crippen LogP contribution is 2.33. The molecule has 31 heavy (non-hydrogen) atoms.